The summed E-state index contributed by atoms with van der Waals surface area (Å²) >= 11 is 0. The maximum Gasteiger partial charge on any atom is 0.221 e. The van der Waals surface area contributed by atoms with Crippen LogP contribution in [0.4, 0.5) is 5.69 Å². The summed E-state index contributed by atoms with van der Waals surface area (Å²) < 4.78 is 1.77. The number of carbonyl (C=O) groups excluding carboxylic acids is 1. The predicted octanol–water partition coefficient (Wildman–Crippen LogP) is 1.92. The fourth-order valence-corrected chi connectivity index (χ4v) is 2.09. The Kier molecular flexibility index (Phi) is 5.82. The Bertz CT molecular complexity index is 524. The Morgan fingerprint density at radius 2 is 2.10 bits per heavy atom. The Morgan fingerprint density at radius 3 is 2.81 bits per heavy atom. The molecule has 2 rings (SSSR count). The number of hydrogen-bond acceptors (Lipinski definition) is 3. The van der Waals surface area contributed by atoms with Gasteiger partial charge >= 0.3 is 0 Å². The third-order valence-corrected chi connectivity index (χ3v) is 3.32. The average Bonchev–Trinajstić information content (AvgIpc) is 3.03. The van der Waals surface area contributed by atoms with E-state index in [1.54, 1.807) is 10.9 Å². The van der Waals surface area contributed by atoms with Gasteiger partial charge in [-0.15, -0.1) is 0 Å². The molecule has 2 aromatic rings. The van der Waals surface area contributed by atoms with Crippen molar-refractivity contribution in [1.29, 1.82) is 0 Å². The molecule has 21 heavy (non-hydrogen) atoms. The Labute approximate surface area is 125 Å². The molecule has 1 N–H and O–H groups in total. The van der Waals surface area contributed by atoms with Crippen molar-refractivity contribution < 1.29 is 4.79 Å². The van der Waals surface area contributed by atoms with Gasteiger partial charge in [-0.1, -0.05) is 18.2 Å². The molecule has 0 unspecified atom stereocenters. The van der Waals surface area contributed by atoms with Crippen molar-refractivity contribution in [1.82, 2.24) is 15.1 Å². The predicted molar refractivity (Wildman–Crippen MR) is 84.2 cm³/mol. The van der Waals surface area contributed by atoms with Gasteiger partial charge in [0.25, 0.3) is 0 Å². The lowest BCUT2D eigenvalue weighted by atomic mass is 10.3. The molecule has 112 valence electrons. The molecule has 1 aromatic carbocycles. The highest BCUT2D eigenvalue weighted by Crippen LogP contribution is 2.10. The zero-order valence-corrected chi connectivity index (χ0v) is 12.4. The van der Waals surface area contributed by atoms with Crippen molar-refractivity contribution in [2.24, 2.45) is 0 Å². The van der Waals surface area contributed by atoms with Crippen molar-refractivity contribution in [3.05, 3.63) is 48.8 Å². The number of rotatable bonds is 8. The minimum Gasteiger partial charge on any atom is -0.375 e. The van der Waals surface area contributed by atoms with Gasteiger partial charge in [0, 0.05) is 51.2 Å². The summed E-state index contributed by atoms with van der Waals surface area (Å²) in [7, 11) is 2.06. The fraction of sp³-hybridized carbons (Fsp3) is 0.375. The molecule has 0 aliphatic heterocycles. The van der Waals surface area contributed by atoms with Crippen molar-refractivity contribution in [3.63, 3.8) is 0 Å². The van der Waals surface area contributed by atoms with Gasteiger partial charge in [-0.3, -0.25) is 9.48 Å². The summed E-state index contributed by atoms with van der Waals surface area (Å²) in [5, 5.41) is 7.02. The van der Waals surface area contributed by atoms with Crippen LogP contribution in [0.25, 0.3) is 0 Å². The average molecular weight is 286 g/mol. The highest BCUT2D eigenvalue weighted by Gasteiger charge is 2.03. The number of anilines is 1. The van der Waals surface area contributed by atoms with Gasteiger partial charge in [-0.2, -0.15) is 5.10 Å². The van der Waals surface area contributed by atoms with Crippen LogP contribution in [-0.4, -0.2) is 35.8 Å². The number of aryl methyl sites for hydroxylation is 1. The smallest absolute Gasteiger partial charge is 0.221 e. The molecular weight excluding hydrogens is 264 g/mol. The van der Waals surface area contributed by atoms with E-state index in [-0.39, 0.29) is 5.91 Å². The number of hydrogen-bond donors (Lipinski definition) is 1. The summed E-state index contributed by atoms with van der Waals surface area (Å²) in [6.07, 6.45) is 4.98. The van der Waals surface area contributed by atoms with Gasteiger partial charge in [0.05, 0.1) is 0 Å². The van der Waals surface area contributed by atoms with Gasteiger partial charge in [0.15, 0.2) is 0 Å². The van der Waals surface area contributed by atoms with Crippen LogP contribution in [0.5, 0.6) is 0 Å². The van der Waals surface area contributed by atoms with E-state index >= 15 is 0 Å². The fourth-order valence-electron chi connectivity index (χ4n) is 2.09. The minimum atomic E-state index is 0.0767. The Balaban J connectivity index is 1.58. The maximum absolute atomic E-state index is 11.7. The summed E-state index contributed by atoms with van der Waals surface area (Å²) in [5.41, 5.74) is 1.20. The lowest BCUT2D eigenvalue weighted by Crippen LogP contribution is -2.28. The number of carbonyl (C=O) groups is 1. The molecule has 0 fully saturated rings. The standard InChI is InChI=1S/C16H22N4O/c1-19(15-7-3-2-4-8-15)12-5-10-17-16(21)9-14-20-13-6-11-18-20/h2-4,6-8,11,13H,5,9-10,12,14H2,1H3,(H,17,21). The van der Waals surface area contributed by atoms with E-state index in [1.807, 2.05) is 30.5 Å². The van der Waals surface area contributed by atoms with E-state index in [2.05, 4.69) is 34.5 Å². The van der Waals surface area contributed by atoms with E-state index in [1.165, 1.54) is 5.69 Å². The quantitative estimate of drug-likeness (QED) is 0.754. The number of aromatic nitrogens is 2. The second-order valence-electron chi connectivity index (χ2n) is 4.98. The topological polar surface area (TPSA) is 50.2 Å². The number of nitrogens with zero attached hydrogens (tertiary/aromatic N) is 3. The molecule has 0 spiro atoms. The molecule has 1 aromatic heterocycles. The number of para-hydroxylation sites is 1. The Hall–Kier alpha value is -2.30. The molecule has 0 radical (unpaired) electrons. The highest BCUT2D eigenvalue weighted by atomic mass is 16.1. The molecule has 0 atom stereocenters. The molecule has 0 saturated carbocycles. The monoisotopic (exact) mass is 286 g/mol. The molecule has 5 nitrogen and oxygen atoms in total. The van der Waals surface area contributed by atoms with Crippen molar-refractivity contribution in [2.75, 3.05) is 25.0 Å². The summed E-state index contributed by atoms with van der Waals surface area (Å²) in [4.78, 5) is 13.9. The van der Waals surface area contributed by atoms with Crippen molar-refractivity contribution in [3.8, 4) is 0 Å². The first-order chi connectivity index (χ1) is 10.3. The molecule has 1 heterocycles. The van der Waals surface area contributed by atoms with Crippen molar-refractivity contribution >= 4 is 11.6 Å². The molecular formula is C16H22N4O. The van der Waals surface area contributed by atoms with Gasteiger partial charge in [0.2, 0.25) is 5.91 Å². The van der Waals surface area contributed by atoms with Crippen LogP contribution in [0.3, 0.4) is 0 Å². The van der Waals surface area contributed by atoms with Crippen LogP contribution in [0.2, 0.25) is 0 Å². The van der Waals surface area contributed by atoms with Gasteiger partial charge < -0.3 is 10.2 Å². The van der Waals surface area contributed by atoms with Crippen molar-refractivity contribution in [2.45, 2.75) is 19.4 Å². The first kappa shape index (κ1) is 15.1. The second kappa shape index (κ2) is 8.09. The van der Waals surface area contributed by atoms with Gasteiger partial charge in [-0.25, -0.2) is 0 Å². The lowest BCUT2D eigenvalue weighted by molar-refractivity contribution is -0.121. The third-order valence-electron chi connectivity index (χ3n) is 3.32. The SMILES string of the molecule is CN(CCCNC(=O)CCn1cccn1)c1ccccc1. The summed E-state index contributed by atoms with van der Waals surface area (Å²) in [5.74, 6) is 0.0767. The number of benzene rings is 1. The highest BCUT2D eigenvalue weighted by molar-refractivity contribution is 5.75. The zero-order chi connectivity index (χ0) is 14.9. The van der Waals surface area contributed by atoms with E-state index in [9.17, 15) is 4.79 Å². The first-order valence-electron chi connectivity index (χ1n) is 7.26. The van der Waals surface area contributed by atoms with Crippen LogP contribution in [-0.2, 0) is 11.3 Å². The van der Waals surface area contributed by atoms with Crippen LogP contribution in [0.1, 0.15) is 12.8 Å². The van der Waals surface area contributed by atoms with Gasteiger partial charge in [-0.05, 0) is 24.6 Å². The summed E-state index contributed by atoms with van der Waals surface area (Å²) in [6.45, 7) is 2.25. The molecule has 1 amide bonds. The number of amides is 1. The molecule has 0 aliphatic carbocycles. The van der Waals surface area contributed by atoms with Crippen LogP contribution in [0, 0.1) is 0 Å². The molecule has 0 saturated heterocycles. The summed E-state index contributed by atoms with van der Waals surface area (Å²) in [6, 6.07) is 12.1. The number of nitrogens with one attached hydrogen (secondary N) is 1. The van der Waals surface area contributed by atoms with E-state index in [0.717, 1.165) is 13.0 Å². The third kappa shape index (κ3) is 5.30. The maximum atomic E-state index is 11.7. The van der Waals surface area contributed by atoms with Crippen LogP contribution < -0.4 is 10.2 Å². The van der Waals surface area contributed by atoms with E-state index < -0.39 is 0 Å². The first-order valence-corrected chi connectivity index (χ1v) is 7.26. The Morgan fingerprint density at radius 1 is 1.29 bits per heavy atom. The normalized spacial score (nSPS) is 10.3. The molecule has 0 aliphatic rings. The largest absolute Gasteiger partial charge is 0.375 e. The second-order valence-corrected chi connectivity index (χ2v) is 4.98. The van der Waals surface area contributed by atoms with Crippen LogP contribution in [0.15, 0.2) is 48.8 Å². The van der Waals surface area contributed by atoms with Gasteiger partial charge in [0.1, 0.15) is 0 Å². The van der Waals surface area contributed by atoms with E-state index in [4.69, 9.17) is 0 Å². The van der Waals surface area contributed by atoms with Crippen LogP contribution >= 0.6 is 0 Å². The van der Waals surface area contributed by atoms with E-state index in [0.29, 0.717) is 19.5 Å². The lowest BCUT2D eigenvalue weighted by Gasteiger charge is -2.19. The zero-order valence-electron chi connectivity index (χ0n) is 12.4. The minimum absolute atomic E-state index is 0.0767. The molecule has 5 heteroatoms. The molecule has 0 bridgehead atoms.